The first kappa shape index (κ1) is 17.1. The Hall–Kier alpha value is -2.28. The number of nitrogens with zero attached hydrogens (tertiary/aromatic N) is 2. The van der Waals surface area contributed by atoms with Gasteiger partial charge in [0.1, 0.15) is 0 Å². The average Bonchev–Trinajstić information content (AvgIpc) is 2.58. The van der Waals surface area contributed by atoms with Crippen molar-refractivity contribution in [2.75, 3.05) is 51.8 Å². The lowest BCUT2D eigenvalue weighted by atomic mass is 10.2. The van der Waals surface area contributed by atoms with Gasteiger partial charge in [-0.05, 0) is 17.7 Å². The molecular weight excluding hydrogens is 294 g/mol. The average molecular weight is 319 g/mol. The van der Waals surface area contributed by atoms with Gasteiger partial charge in [-0.3, -0.25) is 9.79 Å². The minimum atomic E-state index is 0.0768. The van der Waals surface area contributed by atoms with Crippen LogP contribution in [0.1, 0.15) is 5.56 Å². The summed E-state index contributed by atoms with van der Waals surface area (Å²) in [5.41, 5.74) is 2.23. The zero-order valence-electron chi connectivity index (χ0n) is 13.8. The number of piperazine rings is 1. The van der Waals surface area contributed by atoms with Gasteiger partial charge < -0.3 is 25.6 Å². The fourth-order valence-electron chi connectivity index (χ4n) is 2.36. The van der Waals surface area contributed by atoms with E-state index in [-0.39, 0.29) is 5.91 Å². The molecule has 1 fully saturated rings. The summed E-state index contributed by atoms with van der Waals surface area (Å²) in [5.74, 6) is 0.826. The number of anilines is 1. The number of methoxy groups -OCH3 is 1. The second kappa shape index (κ2) is 8.99. The number of hydrogen-bond donors (Lipinski definition) is 3. The van der Waals surface area contributed by atoms with E-state index in [1.54, 1.807) is 14.2 Å². The Morgan fingerprint density at radius 2 is 2.13 bits per heavy atom. The molecule has 3 N–H and O–H groups in total. The van der Waals surface area contributed by atoms with Crippen molar-refractivity contribution in [1.82, 2.24) is 16.0 Å². The normalized spacial score (nSPS) is 15.3. The highest BCUT2D eigenvalue weighted by Gasteiger charge is 2.16. The van der Waals surface area contributed by atoms with Crippen LogP contribution in [0.25, 0.3) is 0 Å². The summed E-state index contributed by atoms with van der Waals surface area (Å²) in [7, 11) is 3.41. The monoisotopic (exact) mass is 319 g/mol. The number of guanidine groups is 1. The van der Waals surface area contributed by atoms with Crippen LogP contribution in [0.4, 0.5) is 5.69 Å². The number of rotatable bonds is 6. The number of carbonyl (C=O) groups is 1. The first-order valence-electron chi connectivity index (χ1n) is 7.77. The molecule has 7 heteroatoms. The quantitative estimate of drug-likeness (QED) is 0.389. The van der Waals surface area contributed by atoms with Gasteiger partial charge in [-0.25, -0.2) is 0 Å². The van der Waals surface area contributed by atoms with Crippen molar-refractivity contribution in [2.45, 2.75) is 6.54 Å². The minimum absolute atomic E-state index is 0.0768. The molecule has 7 nitrogen and oxygen atoms in total. The topological polar surface area (TPSA) is 78.0 Å². The highest BCUT2D eigenvalue weighted by Crippen LogP contribution is 2.15. The van der Waals surface area contributed by atoms with Crippen molar-refractivity contribution in [3.63, 3.8) is 0 Å². The van der Waals surface area contributed by atoms with E-state index in [4.69, 9.17) is 4.74 Å². The van der Waals surface area contributed by atoms with Crippen LogP contribution in [0.15, 0.2) is 29.3 Å². The molecule has 1 aromatic carbocycles. The number of aliphatic imine (C=N–C) groups is 1. The maximum absolute atomic E-state index is 11.4. The third-order valence-electron chi connectivity index (χ3n) is 3.62. The number of benzene rings is 1. The number of nitrogens with one attached hydrogen (secondary N) is 3. The third kappa shape index (κ3) is 5.45. The summed E-state index contributed by atoms with van der Waals surface area (Å²) in [6.45, 7) is 4.01. The molecule has 0 aliphatic carbocycles. The van der Waals surface area contributed by atoms with Crippen LogP contribution < -0.4 is 20.9 Å². The molecule has 0 aromatic heterocycles. The second-order valence-corrected chi connectivity index (χ2v) is 5.28. The molecule has 0 bridgehead atoms. The summed E-state index contributed by atoms with van der Waals surface area (Å²) in [6, 6.07) is 8.24. The SMILES string of the molecule is CN=C(NCCOC)NCc1ccc(N2CCNC(=O)C2)cc1. The van der Waals surface area contributed by atoms with Crippen LogP contribution in [0, 0.1) is 0 Å². The van der Waals surface area contributed by atoms with Crippen molar-refractivity contribution in [1.29, 1.82) is 0 Å². The van der Waals surface area contributed by atoms with Crippen LogP contribution in [0.3, 0.4) is 0 Å². The Kier molecular flexibility index (Phi) is 6.68. The van der Waals surface area contributed by atoms with Gasteiger partial charge in [-0.2, -0.15) is 0 Å². The lowest BCUT2D eigenvalue weighted by Crippen LogP contribution is -2.47. The lowest BCUT2D eigenvalue weighted by molar-refractivity contribution is -0.120. The van der Waals surface area contributed by atoms with E-state index >= 15 is 0 Å². The standard InChI is InChI=1S/C16H25N5O2/c1-17-16(19-8-10-23-2)20-11-13-3-5-14(6-4-13)21-9-7-18-15(22)12-21/h3-6H,7-12H2,1-2H3,(H,18,22)(H2,17,19,20). The van der Waals surface area contributed by atoms with E-state index in [1.807, 2.05) is 0 Å². The molecule has 1 heterocycles. The highest BCUT2D eigenvalue weighted by atomic mass is 16.5. The summed E-state index contributed by atoms with van der Waals surface area (Å²) in [5, 5.41) is 9.26. The fraction of sp³-hybridized carbons (Fsp3) is 0.500. The molecule has 1 saturated heterocycles. The van der Waals surface area contributed by atoms with Gasteiger partial charge in [0.15, 0.2) is 5.96 Å². The Balaban J connectivity index is 1.83. The fourth-order valence-corrected chi connectivity index (χ4v) is 2.36. The van der Waals surface area contributed by atoms with Crippen LogP contribution in [0.2, 0.25) is 0 Å². The molecule has 126 valence electrons. The van der Waals surface area contributed by atoms with Crippen molar-refractivity contribution < 1.29 is 9.53 Å². The molecule has 1 aliphatic heterocycles. The van der Waals surface area contributed by atoms with E-state index in [0.717, 1.165) is 23.8 Å². The molecule has 2 rings (SSSR count). The zero-order valence-corrected chi connectivity index (χ0v) is 13.8. The van der Waals surface area contributed by atoms with Gasteiger partial charge >= 0.3 is 0 Å². The molecule has 1 aliphatic rings. The third-order valence-corrected chi connectivity index (χ3v) is 3.62. The van der Waals surface area contributed by atoms with Gasteiger partial charge in [0, 0.05) is 46.0 Å². The van der Waals surface area contributed by atoms with Crippen LogP contribution >= 0.6 is 0 Å². The Morgan fingerprint density at radius 1 is 1.35 bits per heavy atom. The Bertz CT molecular complexity index is 530. The summed E-state index contributed by atoms with van der Waals surface area (Å²) in [6.07, 6.45) is 0. The van der Waals surface area contributed by atoms with E-state index in [9.17, 15) is 4.79 Å². The van der Waals surface area contributed by atoms with Gasteiger partial charge in [-0.15, -0.1) is 0 Å². The largest absolute Gasteiger partial charge is 0.383 e. The molecule has 0 spiro atoms. The molecular formula is C16H25N5O2. The van der Waals surface area contributed by atoms with Crippen molar-refractivity contribution in [3.8, 4) is 0 Å². The van der Waals surface area contributed by atoms with Crippen LogP contribution in [-0.2, 0) is 16.1 Å². The van der Waals surface area contributed by atoms with Gasteiger partial charge in [-0.1, -0.05) is 12.1 Å². The lowest BCUT2D eigenvalue weighted by Gasteiger charge is -2.28. The van der Waals surface area contributed by atoms with Crippen LogP contribution in [-0.4, -0.2) is 58.8 Å². The predicted octanol–water partition coefficient (Wildman–Crippen LogP) is -0.0658. The molecule has 1 amide bonds. The summed E-state index contributed by atoms with van der Waals surface area (Å²) in [4.78, 5) is 17.7. The summed E-state index contributed by atoms with van der Waals surface area (Å²) >= 11 is 0. The number of carbonyl (C=O) groups excluding carboxylic acids is 1. The zero-order chi connectivity index (χ0) is 16.5. The van der Waals surface area contributed by atoms with Gasteiger partial charge in [0.2, 0.25) is 5.91 Å². The molecule has 0 atom stereocenters. The summed E-state index contributed by atoms with van der Waals surface area (Å²) < 4.78 is 5.00. The first-order chi connectivity index (χ1) is 11.2. The van der Waals surface area contributed by atoms with Crippen molar-refractivity contribution >= 4 is 17.6 Å². The first-order valence-corrected chi connectivity index (χ1v) is 7.77. The van der Waals surface area contributed by atoms with E-state index in [2.05, 4.69) is 50.1 Å². The second-order valence-electron chi connectivity index (χ2n) is 5.28. The van der Waals surface area contributed by atoms with Crippen LogP contribution in [0.5, 0.6) is 0 Å². The van der Waals surface area contributed by atoms with Crippen molar-refractivity contribution in [3.05, 3.63) is 29.8 Å². The molecule has 0 saturated carbocycles. The smallest absolute Gasteiger partial charge is 0.239 e. The van der Waals surface area contributed by atoms with E-state index < -0.39 is 0 Å². The maximum atomic E-state index is 11.4. The molecule has 23 heavy (non-hydrogen) atoms. The van der Waals surface area contributed by atoms with E-state index in [0.29, 0.717) is 32.8 Å². The molecule has 0 radical (unpaired) electrons. The highest BCUT2D eigenvalue weighted by molar-refractivity contribution is 5.82. The van der Waals surface area contributed by atoms with Gasteiger partial charge in [0.25, 0.3) is 0 Å². The molecule has 1 aromatic rings. The Morgan fingerprint density at radius 3 is 2.78 bits per heavy atom. The van der Waals surface area contributed by atoms with Crippen molar-refractivity contribution in [2.24, 2.45) is 4.99 Å². The van der Waals surface area contributed by atoms with Gasteiger partial charge in [0.05, 0.1) is 13.2 Å². The predicted molar refractivity (Wildman–Crippen MR) is 91.7 cm³/mol. The number of hydrogen-bond acceptors (Lipinski definition) is 4. The maximum Gasteiger partial charge on any atom is 0.239 e. The number of amides is 1. The minimum Gasteiger partial charge on any atom is -0.383 e. The van der Waals surface area contributed by atoms with E-state index in [1.165, 1.54) is 0 Å². The molecule has 0 unspecified atom stereocenters. The Labute approximate surface area is 137 Å². The number of ether oxygens (including phenoxy) is 1.